The molecule has 2 N–H and O–H groups in total. The van der Waals surface area contributed by atoms with E-state index in [1.165, 1.54) is 10.6 Å². The number of benzene rings is 1. The van der Waals surface area contributed by atoms with Gasteiger partial charge in [0.2, 0.25) is 0 Å². The van der Waals surface area contributed by atoms with Crippen LogP contribution in [0.4, 0.5) is 0 Å². The molecule has 7 heteroatoms. The standard InChI is InChI=1S/C21H27N5S2/c1-15(2)18-14-28-20(26-18)12-24-21(22-3)23-11-17-13-27-19(25-17)10-9-16-7-5-4-6-8-16/h4-8,13-15H,9-12H2,1-3H3,(H2,22,23,24). The summed E-state index contributed by atoms with van der Waals surface area (Å²) in [7, 11) is 1.78. The Balaban J connectivity index is 1.44. The van der Waals surface area contributed by atoms with Gasteiger partial charge in [-0.1, -0.05) is 44.2 Å². The molecule has 0 aliphatic carbocycles. The number of guanidine groups is 1. The minimum absolute atomic E-state index is 0.461. The molecule has 2 heterocycles. The first-order valence-electron chi connectivity index (χ1n) is 9.50. The Morgan fingerprint density at radius 2 is 1.71 bits per heavy atom. The first-order chi connectivity index (χ1) is 13.6. The van der Waals surface area contributed by atoms with Crippen molar-refractivity contribution in [3.63, 3.8) is 0 Å². The van der Waals surface area contributed by atoms with Gasteiger partial charge in [-0.2, -0.15) is 0 Å². The summed E-state index contributed by atoms with van der Waals surface area (Å²) < 4.78 is 0. The number of nitrogens with one attached hydrogen (secondary N) is 2. The van der Waals surface area contributed by atoms with E-state index in [2.05, 4.69) is 75.5 Å². The van der Waals surface area contributed by atoms with E-state index in [-0.39, 0.29) is 0 Å². The molecule has 0 radical (unpaired) electrons. The maximum atomic E-state index is 4.74. The third-order valence-electron chi connectivity index (χ3n) is 4.30. The largest absolute Gasteiger partial charge is 0.351 e. The molecule has 0 atom stereocenters. The van der Waals surface area contributed by atoms with Gasteiger partial charge in [0.05, 0.1) is 29.5 Å². The van der Waals surface area contributed by atoms with Crippen LogP contribution in [-0.2, 0) is 25.9 Å². The Kier molecular flexibility index (Phi) is 7.56. The molecule has 28 heavy (non-hydrogen) atoms. The Bertz CT molecular complexity index is 883. The van der Waals surface area contributed by atoms with Gasteiger partial charge in [0, 0.05) is 24.2 Å². The molecule has 148 valence electrons. The average molecular weight is 414 g/mol. The summed E-state index contributed by atoms with van der Waals surface area (Å²) in [6.07, 6.45) is 2.00. The topological polar surface area (TPSA) is 62.2 Å². The minimum atomic E-state index is 0.461. The number of aryl methyl sites for hydroxylation is 2. The lowest BCUT2D eigenvalue weighted by Gasteiger charge is -2.09. The summed E-state index contributed by atoms with van der Waals surface area (Å²) in [5.41, 5.74) is 3.55. The van der Waals surface area contributed by atoms with Gasteiger partial charge < -0.3 is 10.6 Å². The highest BCUT2D eigenvalue weighted by Crippen LogP contribution is 2.17. The molecule has 0 amide bonds. The number of aliphatic imine (C=N–C) groups is 1. The van der Waals surface area contributed by atoms with E-state index in [0.29, 0.717) is 19.0 Å². The van der Waals surface area contributed by atoms with Crippen LogP contribution < -0.4 is 10.6 Å². The third kappa shape index (κ3) is 6.14. The van der Waals surface area contributed by atoms with E-state index in [1.54, 1.807) is 29.7 Å². The van der Waals surface area contributed by atoms with E-state index in [4.69, 9.17) is 4.98 Å². The lowest BCUT2D eigenvalue weighted by atomic mass is 10.1. The maximum absolute atomic E-state index is 4.74. The molecular weight excluding hydrogens is 386 g/mol. The highest BCUT2D eigenvalue weighted by atomic mass is 32.1. The molecule has 3 rings (SSSR count). The van der Waals surface area contributed by atoms with Crippen LogP contribution in [0.5, 0.6) is 0 Å². The van der Waals surface area contributed by atoms with Gasteiger partial charge >= 0.3 is 0 Å². The van der Waals surface area contributed by atoms with Crippen molar-refractivity contribution in [1.82, 2.24) is 20.6 Å². The van der Waals surface area contributed by atoms with Crippen LogP contribution in [0.2, 0.25) is 0 Å². The number of aromatic nitrogens is 2. The van der Waals surface area contributed by atoms with Crippen LogP contribution >= 0.6 is 22.7 Å². The van der Waals surface area contributed by atoms with Crippen molar-refractivity contribution in [3.05, 3.63) is 68.1 Å². The van der Waals surface area contributed by atoms with Gasteiger partial charge in [0.15, 0.2) is 5.96 Å². The summed E-state index contributed by atoms with van der Waals surface area (Å²) in [4.78, 5) is 13.7. The highest BCUT2D eigenvalue weighted by molar-refractivity contribution is 7.09. The van der Waals surface area contributed by atoms with Crippen molar-refractivity contribution in [2.75, 3.05) is 7.05 Å². The van der Waals surface area contributed by atoms with Crippen molar-refractivity contribution >= 4 is 28.6 Å². The van der Waals surface area contributed by atoms with E-state index in [0.717, 1.165) is 35.2 Å². The molecule has 0 fully saturated rings. The molecule has 3 aromatic rings. The highest BCUT2D eigenvalue weighted by Gasteiger charge is 2.07. The molecule has 0 aliphatic rings. The number of nitrogens with zero attached hydrogens (tertiary/aromatic N) is 3. The Morgan fingerprint density at radius 1 is 0.964 bits per heavy atom. The van der Waals surface area contributed by atoms with Crippen molar-refractivity contribution in [2.24, 2.45) is 4.99 Å². The Morgan fingerprint density at radius 3 is 2.43 bits per heavy atom. The van der Waals surface area contributed by atoms with Gasteiger partial charge in [-0.3, -0.25) is 4.99 Å². The summed E-state index contributed by atoms with van der Waals surface area (Å²) >= 11 is 3.41. The van der Waals surface area contributed by atoms with Crippen LogP contribution in [0.15, 0.2) is 46.1 Å². The van der Waals surface area contributed by atoms with Gasteiger partial charge in [-0.15, -0.1) is 22.7 Å². The molecule has 0 saturated heterocycles. The first-order valence-corrected chi connectivity index (χ1v) is 11.3. The number of thiazole rings is 2. The average Bonchev–Trinajstić information content (AvgIpc) is 3.37. The molecule has 0 unspecified atom stereocenters. The number of rotatable bonds is 8. The predicted octanol–water partition coefficient (Wildman–Crippen LogP) is 4.37. The van der Waals surface area contributed by atoms with Gasteiger partial charge in [0.1, 0.15) is 5.01 Å². The third-order valence-corrected chi connectivity index (χ3v) is 6.12. The summed E-state index contributed by atoms with van der Waals surface area (Å²) in [5.74, 6) is 1.23. The van der Waals surface area contributed by atoms with Crippen molar-refractivity contribution in [2.45, 2.75) is 45.7 Å². The van der Waals surface area contributed by atoms with Crippen LogP contribution in [0.3, 0.4) is 0 Å². The summed E-state index contributed by atoms with van der Waals surface area (Å²) in [6, 6.07) is 10.5. The smallest absolute Gasteiger partial charge is 0.191 e. The number of hydrogen-bond donors (Lipinski definition) is 2. The molecular formula is C21H27N5S2. The molecule has 2 aromatic heterocycles. The molecule has 0 spiro atoms. The van der Waals surface area contributed by atoms with Crippen LogP contribution in [0, 0.1) is 0 Å². The quantitative estimate of drug-likeness (QED) is 0.425. The van der Waals surface area contributed by atoms with Crippen molar-refractivity contribution in [1.29, 1.82) is 0 Å². The Labute approximate surface area is 175 Å². The van der Waals surface area contributed by atoms with Crippen molar-refractivity contribution < 1.29 is 0 Å². The fourth-order valence-corrected chi connectivity index (χ4v) is 4.36. The fraction of sp³-hybridized carbons (Fsp3) is 0.381. The summed E-state index contributed by atoms with van der Waals surface area (Å²) in [5, 5.41) is 13.2. The SMILES string of the molecule is CN=C(NCc1csc(CCc2ccccc2)n1)NCc1nc(C(C)C)cs1. The zero-order chi connectivity index (χ0) is 19.8. The van der Waals surface area contributed by atoms with E-state index < -0.39 is 0 Å². The predicted molar refractivity (Wildman–Crippen MR) is 119 cm³/mol. The molecule has 0 aliphatic heterocycles. The second-order valence-corrected chi connectivity index (χ2v) is 8.70. The van der Waals surface area contributed by atoms with Crippen LogP contribution in [0.25, 0.3) is 0 Å². The van der Waals surface area contributed by atoms with Crippen LogP contribution in [-0.4, -0.2) is 23.0 Å². The second-order valence-electron chi connectivity index (χ2n) is 6.82. The maximum Gasteiger partial charge on any atom is 0.191 e. The van der Waals surface area contributed by atoms with Gasteiger partial charge in [-0.25, -0.2) is 9.97 Å². The molecule has 5 nitrogen and oxygen atoms in total. The number of hydrogen-bond acceptors (Lipinski definition) is 5. The normalized spacial score (nSPS) is 11.8. The van der Waals surface area contributed by atoms with Gasteiger partial charge in [-0.05, 0) is 17.9 Å². The first kappa shape index (κ1) is 20.5. The lowest BCUT2D eigenvalue weighted by Crippen LogP contribution is -2.36. The second kappa shape index (κ2) is 10.3. The van der Waals surface area contributed by atoms with E-state index in [9.17, 15) is 0 Å². The lowest BCUT2D eigenvalue weighted by molar-refractivity contribution is 0.777. The van der Waals surface area contributed by atoms with Crippen molar-refractivity contribution in [3.8, 4) is 0 Å². The zero-order valence-corrected chi connectivity index (χ0v) is 18.2. The fourth-order valence-electron chi connectivity index (χ4n) is 2.67. The Hall–Kier alpha value is -2.25. The summed E-state index contributed by atoms with van der Waals surface area (Å²) in [6.45, 7) is 5.66. The van der Waals surface area contributed by atoms with Crippen LogP contribution in [0.1, 0.15) is 46.7 Å². The monoisotopic (exact) mass is 413 g/mol. The minimum Gasteiger partial charge on any atom is -0.351 e. The van der Waals surface area contributed by atoms with E-state index >= 15 is 0 Å². The van der Waals surface area contributed by atoms with E-state index in [1.807, 2.05) is 0 Å². The molecule has 0 saturated carbocycles. The zero-order valence-electron chi connectivity index (χ0n) is 16.6. The van der Waals surface area contributed by atoms with Gasteiger partial charge in [0.25, 0.3) is 0 Å². The molecule has 1 aromatic carbocycles. The molecule has 0 bridgehead atoms.